The number of halogens is 2. The lowest BCUT2D eigenvalue weighted by Crippen LogP contribution is -1.84. The van der Waals surface area contributed by atoms with Crippen LogP contribution in [0.3, 0.4) is 0 Å². The quantitative estimate of drug-likeness (QED) is 0.685. The second-order valence-electron chi connectivity index (χ2n) is 2.00. The number of rotatable bonds is 0. The summed E-state index contributed by atoms with van der Waals surface area (Å²) in [7, 11) is 0. The van der Waals surface area contributed by atoms with Gasteiger partial charge in [-0.25, -0.2) is 4.98 Å². The Hall–Kier alpha value is -1.00. The largest absolute Gasteiger partial charge is 0.369 e. The van der Waals surface area contributed by atoms with Gasteiger partial charge in [-0.15, -0.1) is 24.8 Å². The van der Waals surface area contributed by atoms with E-state index >= 15 is 0 Å². The molecule has 0 saturated heterocycles. The molecular formula is C6H8Cl2N4. The Morgan fingerprint density at radius 3 is 2.75 bits per heavy atom. The van der Waals surface area contributed by atoms with Crippen molar-refractivity contribution in [2.75, 3.05) is 5.73 Å². The van der Waals surface area contributed by atoms with Gasteiger partial charge < -0.3 is 10.7 Å². The van der Waals surface area contributed by atoms with Crippen LogP contribution in [0.15, 0.2) is 18.3 Å². The van der Waals surface area contributed by atoms with Crippen LogP contribution < -0.4 is 5.73 Å². The minimum atomic E-state index is 0. The summed E-state index contributed by atoms with van der Waals surface area (Å²) < 4.78 is 0. The van der Waals surface area contributed by atoms with Gasteiger partial charge in [-0.2, -0.15) is 4.98 Å². The third-order valence-corrected chi connectivity index (χ3v) is 1.28. The van der Waals surface area contributed by atoms with Gasteiger partial charge in [0, 0.05) is 6.20 Å². The molecule has 0 aliphatic heterocycles. The van der Waals surface area contributed by atoms with Crippen LogP contribution >= 0.6 is 24.8 Å². The lowest BCUT2D eigenvalue weighted by molar-refractivity contribution is 1.31. The number of H-pyrrole nitrogens is 1. The molecule has 0 aliphatic rings. The molecule has 0 aliphatic carbocycles. The minimum absolute atomic E-state index is 0. The Labute approximate surface area is 81.4 Å². The van der Waals surface area contributed by atoms with Crippen LogP contribution in [0.2, 0.25) is 0 Å². The van der Waals surface area contributed by atoms with Gasteiger partial charge in [-0.3, -0.25) is 0 Å². The molecule has 2 aromatic rings. The standard InChI is InChI=1S/C6H6N4.2ClH/c7-6-9-4-2-1-3-8-5(4)10-6;;/h1-3H,(H3,7,8,9,10);2*1H. The first-order valence-electron chi connectivity index (χ1n) is 2.92. The van der Waals surface area contributed by atoms with Crippen molar-refractivity contribution in [1.29, 1.82) is 0 Å². The second kappa shape index (κ2) is 4.13. The number of pyridine rings is 1. The number of aromatic nitrogens is 3. The first kappa shape index (κ1) is 11.0. The fraction of sp³-hybridized carbons (Fsp3) is 0. The van der Waals surface area contributed by atoms with E-state index in [1.54, 1.807) is 6.20 Å². The Bertz CT molecular complexity index is 326. The van der Waals surface area contributed by atoms with E-state index in [9.17, 15) is 0 Å². The zero-order valence-corrected chi connectivity index (χ0v) is 7.65. The van der Waals surface area contributed by atoms with Crippen LogP contribution in [0.1, 0.15) is 0 Å². The predicted octanol–water partition coefficient (Wildman–Crippen LogP) is 1.38. The molecule has 2 rings (SSSR count). The fourth-order valence-electron chi connectivity index (χ4n) is 0.864. The normalized spacial score (nSPS) is 8.67. The molecule has 0 saturated carbocycles. The van der Waals surface area contributed by atoms with Gasteiger partial charge in [0.2, 0.25) is 0 Å². The number of nitrogens with one attached hydrogen (secondary N) is 1. The van der Waals surface area contributed by atoms with Crippen molar-refractivity contribution in [3.05, 3.63) is 18.3 Å². The number of nitrogens with zero attached hydrogens (tertiary/aromatic N) is 2. The van der Waals surface area contributed by atoms with Crippen LogP contribution in [0.4, 0.5) is 5.95 Å². The van der Waals surface area contributed by atoms with Crippen molar-refractivity contribution in [3.8, 4) is 0 Å². The third-order valence-electron chi connectivity index (χ3n) is 1.28. The molecule has 12 heavy (non-hydrogen) atoms. The minimum Gasteiger partial charge on any atom is -0.369 e. The smallest absolute Gasteiger partial charge is 0.200 e. The highest BCUT2D eigenvalue weighted by Crippen LogP contribution is 2.06. The summed E-state index contributed by atoms with van der Waals surface area (Å²) in [5.74, 6) is 0.411. The van der Waals surface area contributed by atoms with Crippen molar-refractivity contribution in [2.45, 2.75) is 0 Å². The van der Waals surface area contributed by atoms with E-state index in [-0.39, 0.29) is 24.8 Å². The highest BCUT2D eigenvalue weighted by molar-refractivity contribution is 5.85. The molecular weight excluding hydrogens is 199 g/mol. The highest BCUT2D eigenvalue weighted by Gasteiger charge is 1.96. The van der Waals surface area contributed by atoms with Gasteiger partial charge >= 0.3 is 0 Å². The van der Waals surface area contributed by atoms with Gasteiger partial charge in [0.05, 0.1) is 5.52 Å². The van der Waals surface area contributed by atoms with E-state index in [0.29, 0.717) is 11.6 Å². The number of hydrogen-bond donors (Lipinski definition) is 2. The summed E-state index contributed by atoms with van der Waals surface area (Å²) in [5, 5.41) is 0. The number of hydrogen-bond acceptors (Lipinski definition) is 3. The molecule has 66 valence electrons. The number of nitrogens with two attached hydrogens (primary N) is 1. The average molecular weight is 207 g/mol. The molecule has 0 atom stereocenters. The van der Waals surface area contributed by atoms with Crippen LogP contribution in [0.25, 0.3) is 11.2 Å². The molecule has 0 spiro atoms. The van der Waals surface area contributed by atoms with E-state index < -0.39 is 0 Å². The molecule has 0 radical (unpaired) electrons. The van der Waals surface area contributed by atoms with Crippen molar-refractivity contribution < 1.29 is 0 Å². The lowest BCUT2D eigenvalue weighted by atomic mass is 10.4. The van der Waals surface area contributed by atoms with E-state index in [4.69, 9.17) is 5.73 Å². The zero-order chi connectivity index (χ0) is 6.97. The Kier molecular flexibility index (Phi) is 3.79. The van der Waals surface area contributed by atoms with Gasteiger partial charge in [0.1, 0.15) is 0 Å². The number of fused-ring (bicyclic) bond motifs is 1. The second-order valence-corrected chi connectivity index (χ2v) is 2.00. The fourth-order valence-corrected chi connectivity index (χ4v) is 0.864. The number of nitrogen functional groups attached to an aromatic ring is 1. The topological polar surface area (TPSA) is 67.6 Å². The summed E-state index contributed by atoms with van der Waals surface area (Å²) in [6.07, 6.45) is 1.68. The SMILES string of the molecule is Cl.Cl.Nc1nc2ncccc2[nH]1. The average Bonchev–Trinajstić information content (AvgIpc) is 2.27. The van der Waals surface area contributed by atoms with E-state index in [1.807, 2.05) is 12.1 Å². The van der Waals surface area contributed by atoms with E-state index in [0.717, 1.165) is 5.52 Å². The lowest BCUT2D eigenvalue weighted by Gasteiger charge is -1.80. The first-order chi connectivity index (χ1) is 4.86. The molecule has 0 fully saturated rings. The van der Waals surface area contributed by atoms with Crippen molar-refractivity contribution in [3.63, 3.8) is 0 Å². The Morgan fingerprint density at radius 2 is 2.08 bits per heavy atom. The van der Waals surface area contributed by atoms with Crippen LogP contribution in [0.5, 0.6) is 0 Å². The molecule has 2 heterocycles. The van der Waals surface area contributed by atoms with Crippen molar-refractivity contribution in [1.82, 2.24) is 15.0 Å². The number of anilines is 1. The molecule has 2 aromatic heterocycles. The third kappa shape index (κ3) is 1.78. The van der Waals surface area contributed by atoms with Crippen LogP contribution in [-0.4, -0.2) is 15.0 Å². The summed E-state index contributed by atoms with van der Waals surface area (Å²) in [4.78, 5) is 10.8. The molecule has 0 amide bonds. The number of imidazole rings is 1. The van der Waals surface area contributed by atoms with Gasteiger partial charge in [0.15, 0.2) is 11.6 Å². The van der Waals surface area contributed by atoms with Crippen molar-refractivity contribution >= 4 is 41.9 Å². The predicted molar refractivity (Wildman–Crippen MR) is 52.8 cm³/mol. The maximum absolute atomic E-state index is 5.38. The molecule has 0 aromatic carbocycles. The summed E-state index contributed by atoms with van der Waals surface area (Å²) in [6.45, 7) is 0. The van der Waals surface area contributed by atoms with Crippen LogP contribution in [-0.2, 0) is 0 Å². The van der Waals surface area contributed by atoms with Gasteiger partial charge in [-0.1, -0.05) is 0 Å². The van der Waals surface area contributed by atoms with Crippen molar-refractivity contribution in [2.24, 2.45) is 0 Å². The monoisotopic (exact) mass is 206 g/mol. The Balaban J connectivity index is 0.000000605. The Morgan fingerprint density at radius 1 is 1.33 bits per heavy atom. The first-order valence-corrected chi connectivity index (χ1v) is 2.92. The van der Waals surface area contributed by atoms with Crippen LogP contribution in [0, 0.1) is 0 Å². The zero-order valence-electron chi connectivity index (χ0n) is 6.02. The molecule has 4 nitrogen and oxygen atoms in total. The highest BCUT2D eigenvalue weighted by atomic mass is 35.5. The summed E-state index contributed by atoms with van der Waals surface area (Å²) >= 11 is 0. The maximum Gasteiger partial charge on any atom is 0.200 e. The molecule has 0 bridgehead atoms. The maximum atomic E-state index is 5.38. The number of aromatic amines is 1. The van der Waals surface area contributed by atoms with E-state index in [2.05, 4.69) is 15.0 Å². The van der Waals surface area contributed by atoms with Gasteiger partial charge in [0.25, 0.3) is 0 Å². The molecule has 0 unspecified atom stereocenters. The summed E-state index contributed by atoms with van der Waals surface area (Å²) in [6, 6.07) is 3.71. The van der Waals surface area contributed by atoms with Gasteiger partial charge in [-0.05, 0) is 12.1 Å². The molecule has 3 N–H and O–H groups in total. The summed E-state index contributed by atoms with van der Waals surface area (Å²) in [5.41, 5.74) is 6.93. The molecule has 6 heteroatoms. The van der Waals surface area contributed by atoms with E-state index in [1.165, 1.54) is 0 Å².